The highest BCUT2D eigenvalue weighted by Gasteiger charge is 2.76. The van der Waals surface area contributed by atoms with Crippen molar-refractivity contribution in [3.8, 4) is 11.5 Å². The molecule has 2 saturated carbocycles. The predicted molar refractivity (Wildman–Crippen MR) is 173 cm³/mol. The van der Waals surface area contributed by atoms with Crippen molar-refractivity contribution in [1.82, 2.24) is 4.90 Å². The molecular weight excluding hydrogens is 737 g/mol. The van der Waals surface area contributed by atoms with E-state index in [0.717, 1.165) is 49.1 Å². The van der Waals surface area contributed by atoms with Crippen molar-refractivity contribution >= 4 is 75.1 Å². The van der Waals surface area contributed by atoms with Crippen molar-refractivity contribution in [2.75, 3.05) is 12.0 Å². The first-order valence-electron chi connectivity index (χ1n) is 15.1. The van der Waals surface area contributed by atoms with Gasteiger partial charge in [-0.1, -0.05) is 30.9 Å². The van der Waals surface area contributed by atoms with Crippen LogP contribution in [0.4, 0.5) is 10.1 Å². The van der Waals surface area contributed by atoms with Crippen LogP contribution < -0.4 is 9.64 Å². The van der Waals surface area contributed by atoms with E-state index in [2.05, 4.69) is 0 Å². The summed E-state index contributed by atoms with van der Waals surface area (Å²) < 4.78 is 19.7. The van der Waals surface area contributed by atoms with E-state index in [9.17, 15) is 28.7 Å². The normalized spacial score (nSPS) is 33.2. The summed E-state index contributed by atoms with van der Waals surface area (Å²) in [7, 11) is 1.40. The quantitative estimate of drug-likeness (QED) is 0.176. The van der Waals surface area contributed by atoms with Gasteiger partial charge in [0.25, 0.3) is 11.8 Å². The molecule has 1 N–H and O–H groups in total. The fourth-order valence-electron chi connectivity index (χ4n) is 8.41. The third-order valence-corrected chi connectivity index (χ3v) is 12.7. The van der Waals surface area contributed by atoms with Crippen LogP contribution in [0.2, 0.25) is 0 Å². The number of fused-ring (bicyclic) bond motifs is 4. The molecule has 6 unspecified atom stereocenters. The molecule has 6 atom stereocenters. The maximum atomic E-state index is 14.5. The maximum absolute atomic E-state index is 14.5. The Morgan fingerprint density at radius 3 is 2.33 bits per heavy atom. The number of ether oxygens (including phenoxy) is 1. The number of phenols is 1. The lowest BCUT2D eigenvalue weighted by atomic mass is 9.56. The van der Waals surface area contributed by atoms with Crippen molar-refractivity contribution in [2.45, 2.75) is 66.7 Å². The van der Waals surface area contributed by atoms with Crippen LogP contribution in [-0.4, -0.2) is 56.5 Å². The van der Waals surface area contributed by atoms with Gasteiger partial charge in [0.2, 0.25) is 11.8 Å². The number of methoxy groups -OCH3 is 1. The molecule has 2 heterocycles. The minimum atomic E-state index is -2.06. The monoisotopic (exact) mass is 766 g/mol. The van der Waals surface area contributed by atoms with Crippen molar-refractivity contribution in [1.29, 1.82) is 0 Å². The van der Waals surface area contributed by atoms with Gasteiger partial charge in [-0.2, -0.15) is 0 Å². The highest BCUT2D eigenvalue weighted by atomic mass is 127. The molecular formula is C33H30Cl2FIN2O6. The number of alkyl halides is 2. The summed E-state index contributed by atoms with van der Waals surface area (Å²) in [5.74, 6) is -5.58. The van der Waals surface area contributed by atoms with Gasteiger partial charge in [-0.3, -0.25) is 24.1 Å². The number of carbonyl (C=O) groups is 4. The number of phenolic OH excluding ortho intramolecular Hbond substituents is 1. The number of carbonyl (C=O) groups excluding carboxylic acids is 4. The predicted octanol–water partition coefficient (Wildman–Crippen LogP) is 6.04. The second kappa shape index (κ2) is 10.9. The summed E-state index contributed by atoms with van der Waals surface area (Å²) in [5.41, 5.74) is 1.23. The molecule has 4 fully saturated rings. The molecule has 0 radical (unpaired) electrons. The minimum absolute atomic E-state index is 0.103. The zero-order valence-electron chi connectivity index (χ0n) is 24.3. The highest BCUT2D eigenvalue weighted by molar-refractivity contribution is 14.1. The Labute approximate surface area is 283 Å². The largest absolute Gasteiger partial charge is 0.504 e. The number of halogens is 4. The number of benzene rings is 2. The molecule has 45 heavy (non-hydrogen) atoms. The average molecular weight is 767 g/mol. The van der Waals surface area contributed by atoms with Gasteiger partial charge in [-0.05, 0) is 96.2 Å². The van der Waals surface area contributed by atoms with E-state index in [0.29, 0.717) is 14.7 Å². The molecule has 2 aliphatic heterocycles. The van der Waals surface area contributed by atoms with E-state index in [1.54, 1.807) is 12.1 Å². The molecule has 236 valence electrons. The molecule has 0 bridgehead atoms. The Bertz CT molecular complexity index is 1680. The summed E-state index contributed by atoms with van der Waals surface area (Å²) in [6.07, 6.45) is 6.51. The highest BCUT2D eigenvalue weighted by Crippen LogP contribution is 2.66. The summed E-state index contributed by atoms with van der Waals surface area (Å²) in [5, 5.41) is 10.6. The molecule has 0 aromatic heterocycles. The topological polar surface area (TPSA) is 104 Å². The SMILES string of the molecule is COc1cc(C2C3=CCC4C(=O)N(C5CCCCC5)C(=O)C4C3CC3(Cl)C(=O)N(c4ccc(F)cc4)C(=O)C23Cl)cc(I)c1O. The van der Waals surface area contributed by atoms with Crippen LogP contribution >= 0.6 is 45.8 Å². The van der Waals surface area contributed by atoms with Gasteiger partial charge in [-0.25, -0.2) is 9.29 Å². The molecule has 2 aromatic carbocycles. The number of hydrogen-bond acceptors (Lipinski definition) is 6. The summed E-state index contributed by atoms with van der Waals surface area (Å²) in [4.78, 5) is 55.2. The number of likely N-dealkylation sites (tertiary alicyclic amines) is 1. The zero-order valence-corrected chi connectivity index (χ0v) is 27.9. The lowest BCUT2D eigenvalue weighted by Gasteiger charge is -2.50. The average Bonchev–Trinajstić information content (AvgIpc) is 3.37. The second-order valence-corrected chi connectivity index (χ2v) is 15.0. The number of allylic oxidation sites excluding steroid dienone is 2. The van der Waals surface area contributed by atoms with Crippen molar-refractivity contribution in [3.63, 3.8) is 0 Å². The number of imide groups is 2. The Balaban J connectivity index is 1.40. The van der Waals surface area contributed by atoms with Gasteiger partial charge < -0.3 is 9.84 Å². The molecule has 12 heteroatoms. The third kappa shape index (κ3) is 4.26. The van der Waals surface area contributed by atoms with Crippen LogP contribution in [0.5, 0.6) is 11.5 Å². The lowest BCUT2D eigenvalue weighted by molar-refractivity contribution is -0.143. The van der Waals surface area contributed by atoms with E-state index >= 15 is 0 Å². The Morgan fingerprint density at radius 1 is 0.978 bits per heavy atom. The van der Waals surface area contributed by atoms with E-state index in [-0.39, 0.29) is 47.9 Å². The molecule has 2 saturated heterocycles. The van der Waals surface area contributed by atoms with Crippen molar-refractivity contribution < 1.29 is 33.4 Å². The number of nitrogens with zero attached hydrogens (tertiary/aromatic N) is 2. The van der Waals surface area contributed by atoms with E-state index in [4.69, 9.17) is 27.9 Å². The van der Waals surface area contributed by atoms with Gasteiger partial charge in [-0.15, -0.1) is 23.2 Å². The van der Waals surface area contributed by atoms with Crippen molar-refractivity contribution in [3.05, 3.63) is 63.0 Å². The lowest BCUT2D eigenvalue weighted by Crippen LogP contribution is -2.60. The molecule has 0 spiro atoms. The Kier molecular flexibility index (Phi) is 7.52. The van der Waals surface area contributed by atoms with E-state index < -0.39 is 51.1 Å². The first kappa shape index (κ1) is 30.9. The van der Waals surface area contributed by atoms with E-state index in [1.165, 1.54) is 24.1 Å². The smallest absolute Gasteiger partial charge is 0.258 e. The molecule has 8 nitrogen and oxygen atoms in total. The number of aromatic hydroxyl groups is 1. The van der Waals surface area contributed by atoms with Gasteiger partial charge in [0, 0.05) is 12.0 Å². The van der Waals surface area contributed by atoms with Crippen LogP contribution in [0.15, 0.2) is 48.0 Å². The Morgan fingerprint density at radius 2 is 1.67 bits per heavy atom. The fraction of sp³-hybridized carbons (Fsp3) is 0.455. The second-order valence-electron chi connectivity index (χ2n) is 12.6. The van der Waals surface area contributed by atoms with Crippen LogP contribution in [0.1, 0.15) is 56.4 Å². The van der Waals surface area contributed by atoms with Crippen LogP contribution in [-0.2, 0) is 19.2 Å². The number of anilines is 1. The molecule has 7 rings (SSSR count). The molecule has 2 aromatic rings. The first-order valence-corrected chi connectivity index (χ1v) is 16.9. The van der Waals surface area contributed by atoms with Crippen LogP contribution in [0.25, 0.3) is 0 Å². The van der Waals surface area contributed by atoms with Gasteiger partial charge >= 0.3 is 0 Å². The fourth-order valence-corrected chi connectivity index (χ4v) is 9.97. The molecule has 3 aliphatic carbocycles. The van der Waals surface area contributed by atoms with Gasteiger partial charge in [0.15, 0.2) is 21.2 Å². The third-order valence-electron chi connectivity index (χ3n) is 10.5. The van der Waals surface area contributed by atoms with Crippen LogP contribution in [0.3, 0.4) is 0 Å². The zero-order chi connectivity index (χ0) is 32.0. The van der Waals surface area contributed by atoms with E-state index in [1.807, 2.05) is 28.7 Å². The number of hydrogen-bond donors (Lipinski definition) is 1. The summed E-state index contributed by atoms with van der Waals surface area (Å²) >= 11 is 16.8. The van der Waals surface area contributed by atoms with Crippen molar-refractivity contribution in [2.24, 2.45) is 17.8 Å². The standard InChI is InChI=1S/C33H30Cl2FIN2O6/c1-45-24-14-16(13-23(37)27(24)40)26-20-11-12-21-25(29(42)38(28(21)41)18-5-3-2-4-6-18)22(20)15-32(34)30(43)39(31(44)33(26,32)35)19-9-7-17(36)8-10-19/h7-11,13-14,18,21-22,25-26,40H,2-6,12,15H2,1H3. The Hall–Kier alpha value is -2.70. The maximum Gasteiger partial charge on any atom is 0.258 e. The molecule has 4 amide bonds. The first-order chi connectivity index (χ1) is 21.4. The number of amides is 4. The minimum Gasteiger partial charge on any atom is -0.504 e. The molecule has 5 aliphatic rings. The summed E-state index contributed by atoms with van der Waals surface area (Å²) in [6, 6.07) is 7.97. The number of rotatable bonds is 4. The van der Waals surface area contributed by atoms with Gasteiger partial charge in [0.05, 0.1) is 28.2 Å². The van der Waals surface area contributed by atoms with Gasteiger partial charge in [0.1, 0.15) is 5.82 Å². The summed E-state index contributed by atoms with van der Waals surface area (Å²) in [6.45, 7) is 0. The van der Waals surface area contributed by atoms with Crippen LogP contribution in [0, 0.1) is 27.1 Å².